The molecule has 0 aliphatic heterocycles. The van der Waals surface area contributed by atoms with E-state index in [2.05, 4.69) is 34.2 Å². The molecule has 1 aromatic heterocycles. The number of halogens is 1. The zero-order chi connectivity index (χ0) is 23.0. The Morgan fingerprint density at radius 2 is 2.03 bits per heavy atom. The summed E-state index contributed by atoms with van der Waals surface area (Å²) in [5.41, 5.74) is 4.13. The molecule has 6 heteroatoms. The van der Waals surface area contributed by atoms with Gasteiger partial charge >= 0.3 is 0 Å². The zero-order valence-electron chi connectivity index (χ0n) is 18.2. The van der Waals surface area contributed by atoms with E-state index in [9.17, 15) is 15.3 Å². The fourth-order valence-electron chi connectivity index (χ4n) is 3.22. The molecule has 2 aromatic rings. The quantitative estimate of drug-likeness (QED) is 0.287. The van der Waals surface area contributed by atoms with Crippen LogP contribution in [0.5, 0.6) is 11.5 Å². The Labute approximate surface area is 198 Å². The SMILES string of the molecule is C=C(/C(=C/CO)C(O)CC/C(=C/c1cc(I)c(O)c(OC)c1)c1ccccn1)C(C)C. The van der Waals surface area contributed by atoms with Gasteiger partial charge in [-0.3, -0.25) is 4.98 Å². The fourth-order valence-corrected chi connectivity index (χ4v) is 3.85. The third kappa shape index (κ3) is 6.92. The summed E-state index contributed by atoms with van der Waals surface area (Å²) in [7, 11) is 1.52. The monoisotopic (exact) mass is 535 g/mol. The van der Waals surface area contributed by atoms with Gasteiger partial charge in [-0.05, 0) is 94.0 Å². The highest BCUT2D eigenvalue weighted by molar-refractivity contribution is 14.1. The first-order chi connectivity index (χ1) is 14.8. The minimum atomic E-state index is -0.747. The van der Waals surface area contributed by atoms with E-state index < -0.39 is 6.10 Å². The lowest BCUT2D eigenvalue weighted by atomic mass is 9.89. The first-order valence-electron chi connectivity index (χ1n) is 10.1. The van der Waals surface area contributed by atoms with Gasteiger partial charge < -0.3 is 20.1 Å². The van der Waals surface area contributed by atoms with E-state index in [1.807, 2.05) is 44.2 Å². The molecule has 1 unspecified atom stereocenters. The van der Waals surface area contributed by atoms with Crippen molar-refractivity contribution >= 4 is 34.2 Å². The van der Waals surface area contributed by atoms with E-state index in [4.69, 9.17) is 4.74 Å². The lowest BCUT2D eigenvalue weighted by Crippen LogP contribution is -2.15. The summed E-state index contributed by atoms with van der Waals surface area (Å²) in [6.45, 7) is 7.96. The number of hydrogen-bond acceptors (Lipinski definition) is 5. The lowest BCUT2D eigenvalue weighted by molar-refractivity contribution is 0.201. The second kappa shape index (κ2) is 12.0. The van der Waals surface area contributed by atoms with E-state index in [1.54, 1.807) is 18.3 Å². The van der Waals surface area contributed by atoms with Crippen molar-refractivity contribution in [1.29, 1.82) is 0 Å². The zero-order valence-corrected chi connectivity index (χ0v) is 20.3. The number of aliphatic hydroxyl groups is 2. The van der Waals surface area contributed by atoms with E-state index in [0.717, 1.165) is 22.4 Å². The molecule has 2 rings (SSSR count). The van der Waals surface area contributed by atoms with E-state index in [-0.39, 0.29) is 18.3 Å². The second-order valence-electron chi connectivity index (χ2n) is 7.51. The minimum Gasteiger partial charge on any atom is -0.504 e. The Morgan fingerprint density at radius 1 is 1.29 bits per heavy atom. The third-order valence-corrected chi connectivity index (χ3v) is 5.85. The van der Waals surface area contributed by atoms with Gasteiger partial charge in [-0.2, -0.15) is 0 Å². The van der Waals surface area contributed by atoms with Gasteiger partial charge in [0.25, 0.3) is 0 Å². The van der Waals surface area contributed by atoms with Crippen molar-refractivity contribution in [3.63, 3.8) is 0 Å². The fraction of sp³-hybridized carbons (Fsp3) is 0.320. The molecule has 0 amide bonds. The van der Waals surface area contributed by atoms with Crippen LogP contribution in [0, 0.1) is 9.49 Å². The first-order valence-corrected chi connectivity index (χ1v) is 11.2. The van der Waals surface area contributed by atoms with Gasteiger partial charge in [0.1, 0.15) is 0 Å². The predicted octanol–water partition coefficient (Wildman–Crippen LogP) is 5.21. The van der Waals surface area contributed by atoms with Crippen molar-refractivity contribution in [2.75, 3.05) is 13.7 Å². The summed E-state index contributed by atoms with van der Waals surface area (Å²) in [6, 6.07) is 9.35. The highest BCUT2D eigenvalue weighted by Gasteiger charge is 2.17. The van der Waals surface area contributed by atoms with Crippen molar-refractivity contribution < 1.29 is 20.1 Å². The second-order valence-corrected chi connectivity index (χ2v) is 8.68. The van der Waals surface area contributed by atoms with E-state index in [0.29, 0.717) is 27.7 Å². The Kier molecular flexibility index (Phi) is 9.74. The molecule has 0 fully saturated rings. The van der Waals surface area contributed by atoms with Crippen LogP contribution in [0.4, 0.5) is 0 Å². The van der Waals surface area contributed by atoms with Crippen LogP contribution in [-0.2, 0) is 0 Å². The highest BCUT2D eigenvalue weighted by Crippen LogP contribution is 2.34. The molecule has 1 aromatic carbocycles. The predicted molar refractivity (Wildman–Crippen MR) is 134 cm³/mol. The largest absolute Gasteiger partial charge is 0.504 e. The van der Waals surface area contributed by atoms with Crippen molar-refractivity contribution in [3.05, 3.63) is 75.2 Å². The van der Waals surface area contributed by atoms with Gasteiger partial charge in [0.15, 0.2) is 11.5 Å². The number of phenols is 1. The van der Waals surface area contributed by atoms with Crippen LogP contribution in [0.2, 0.25) is 0 Å². The van der Waals surface area contributed by atoms with Crippen molar-refractivity contribution in [2.45, 2.75) is 32.8 Å². The van der Waals surface area contributed by atoms with Crippen molar-refractivity contribution in [1.82, 2.24) is 4.98 Å². The molecule has 166 valence electrons. The van der Waals surface area contributed by atoms with E-state index >= 15 is 0 Å². The number of aromatic nitrogens is 1. The normalized spacial score (nSPS) is 13.4. The van der Waals surface area contributed by atoms with Crippen LogP contribution in [0.15, 0.2) is 60.3 Å². The minimum absolute atomic E-state index is 0.112. The smallest absolute Gasteiger partial charge is 0.171 e. The Bertz CT molecular complexity index is 951. The van der Waals surface area contributed by atoms with Crippen molar-refractivity contribution in [2.24, 2.45) is 5.92 Å². The van der Waals surface area contributed by atoms with Crippen molar-refractivity contribution in [3.8, 4) is 11.5 Å². The number of pyridine rings is 1. The summed E-state index contributed by atoms with van der Waals surface area (Å²) < 4.78 is 5.96. The molecular formula is C25H30INO4. The number of nitrogens with zero attached hydrogens (tertiary/aromatic N) is 1. The molecule has 3 N–H and O–H groups in total. The topological polar surface area (TPSA) is 82.8 Å². The molecule has 31 heavy (non-hydrogen) atoms. The molecule has 1 heterocycles. The van der Waals surface area contributed by atoms with Gasteiger partial charge in [-0.1, -0.05) is 32.6 Å². The van der Waals surface area contributed by atoms with Crippen LogP contribution in [0.1, 0.15) is 37.9 Å². The number of aliphatic hydroxyl groups excluding tert-OH is 2. The van der Waals surface area contributed by atoms with Crippen LogP contribution in [0.3, 0.4) is 0 Å². The highest BCUT2D eigenvalue weighted by atomic mass is 127. The van der Waals surface area contributed by atoms with Crippen LogP contribution in [0.25, 0.3) is 11.6 Å². The Balaban J connectivity index is 2.36. The van der Waals surface area contributed by atoms with Gasteiger partial charge in [0.2, 0.25) is 0 Å². The summed E-state index contributed by atoms with van der Waals surface area (Å²) in [5, 5.41) is 30.3. The maximum Gasteiger partial charge on any atom is 0.171 e. The average molecular weight is 535 g/mol. The summed E-state index contributed by atoms with van der Waals surface area (Å²) >= 11 is 2.07. The molecule has 0 aliphatic carbocycles. The molecular weight excluding hydrogens is 505 g/mol. The molecule has 0 saturated carbocycles. The van der Waals surface area contributed by atoms with Gasteiger partial charge in [0, 0.05) is 6.20 Å². The van der Waals surface area contributed by atoms with Crippen LogP contribution < -0.4 is 4.74 Å². The van der Waals surface area contributed by atoms with E-state index in [1.165, 1.54) is 7.11 Å². The molecule has 0 spiro atoms. The van der Waals surface area contributed by atoms with Crippen LogP contribution in [-0.4, -0.2) is 40.1 Å². The summed E-state index contributed by atoms with van der Waals surface area (Å²) in [5.74, 6) is 0.686. The third-order valence-electron chi connectivity index (χ3n) is 5.03. The number of hydrogen-bond donors (Lipinski definition) is 3. The molecule has 5 nitrogen and oxygen atoms in total. The molecule has 0 aliphatic rings. The number of rotatable bonds is 10. The lowest BCUT2D eigenvalue weighted by Gasteiger charge is -2.20. The maximum atomic E-state index is 10.8. The maximum absolute atomic E-state index is 10.8. The number of phenolic OH excluding ortho intramolecular Hbond substituents is 1. The number of allylic oxidation sites excluding steroid dienone is 1. The molecule has 1 atom stereocenters. The molecule has 0 radical (unpaired) electrons. The van der Waals surface area contributed by atoms with Gasteiger partial charge in [-0.25, -0.2) is 0 Å². The Hall–Kier alpha value is -2.16. The molecule has 0 saturated heterocycles. The number of methoxy groups -OCH3 is 1. The van der Waals surface area contributed by atoms with Crippen LogP contribution >= 0.6 is 22.6 Å². The average Bonchev–Trinajstić information content (AvgIpc) is 2.76. The molecule has 0 bridgehead atoms. The standard InChI is InChI=1S/C25H30INO4/c1-16(2)17(3)20(10-12-28)23(29)9-8-19(22-7-5-6-11-27-22)13-18-14-21(26)25(30)24(15-18)31-4/h5-7,10-11,13-16,23,28-30H,3,8-9,12H2,1-2,4H3/b19-13-,20-10-. The Morgan fingerprint density at radius 3 is 2.61 bits per heavy atom. The first kappa shape index (κ1) is 25.1. The number of ether oxygens (including phenoxy) is 1. The summed E-state index contributed by atoms with van der Waals surface area (Å²) in [4.78, 5) is 4.48. The summed E-state index contributed by atoms with van der Waals surface area (Å²) in [6.07, 6.45) is 5.62. The number of aromatic hydroxyl groups is 1. The number of benzene rings is 1. The van der Waals surface area contributed by atoms with Gasteiger partial charge in [0.05, 0.1) is 29.1 Å². The van der Waals surface area contributed by atoms with Gasteiger partial charge in [-0.15, -0.1) is 0 Å².